The van der Waals surface area contributed by atoms with E-state index in [4.69, 9.17) is 4.98 Å². The lowest BCUT2D eigenvalue weighted by Crippen LogP contribution is -2.05. The van der Waals surface area contributed by atoms with Crippen molar-refractivity contribution in [2.24, 2.45) is 0 Å². The molecule has 0 bridgehead atoms. The molecule has 0 unspecified atom stereocenters. The Morgan fingerprint density at radius 1 is 0.774 bits per heavy atom. The molecule has 5 aromatic rings. The number of carbonyl (C=O) groups is 1. The Labute approximate surface area is 179 Å². The molecule has 2 heterocycles. The fourth-order valence-corrected chi connectivity index (χ4v) is 3.84. The SMILES string of the molecule is Cc1nc2ccccc2c(-c2ccccc2)c1C(=O)C=Cc1cnc2ccccc2n1. The summed E-state index contributed by atoms with van der Waals surface area (Å²) in [6.45, 7) is 1.88. The number of carbonyl (C=O) groups excluding carboxylic acids is 1. The normalized spacial score (nSPS) is 11.4. The van der Waals surface area contributed by atoms with Crippen LogP contribution >= 0.6 is 0 Å². The van der Waals surface area contributed by atoms with Gasteiger partial charge in [0, 0.05) is 16.6 Å². The second-order valence-corrected chi connectivity index (χ2v) is 7.31. The van der Waals surface area contributed by atoms with Gasteiger partial charge in [-0.1, -0.05) is 60.7 Å². The third-order valence-corrected chi connectivity index (χ3v) is 5.25. The number of aromatic nitrogens is 3. The Bertz CT molecular complexity index is 1460. The maximum Gasteiger partial charge on any atom is 0.188 e. The monoisotopic (exact) mass is 401 g/mol. The van der Waals surface area contributed by atoms with Gasteiger partial charge in [0.15, 0.2) is 5.78 Å². The van der Waals surface area contributed by atoms with Crippen molar-refractivity contribution in [2.75, 3.05) is 0 Å². The molecular weight excluding hydrogens is 382 g/mol. The molecule has 0 amide bonds. The van der Waals surface area contributed by atoms with E-state index >= 15 is 0 Å². The molecular formula is C27H19N3O. The predicted molar refractivity (Wildman–Crippen MR) is 125 cm³/mol. The molecule has 4 heteroatoms. The fraction of sp³-hybridized carbons (Fsp3) is 0.0370. The van der Waals surface area contributed by atoms with Crippen LogP contribution in [0, 0.1) is 6.92 Å². The highest BCUT2D eigenvalue weighted by atomic mass is 16.1. The average Bonchev–Trinajstić information content (AvgIpc) is 2.82. The molecule has 2 aromatic heterocycles. The first-order valence-electron chi connectivity index (χ1n) is 10.1. The molecule has 31 heavy (non-hydrogen) atoms. The Kier molecular flexibility index (Phi) is 4.81. The lowest BCUT2D eigenvalue weighted by Gasteiger charge is -2.14. The lowest BCUT2D eigenvalue weighted by molar-refractivity contribution is 0.104. The van der Waals surface area contributed by atoms with Gasteiger partial charge in [0.1, 0.15) is 0 Å². The zero-order chi connectivity index (χ0) is 21.2. The van der Waals surface area contributed by atoms with Crippen molar-refractivity contribution in [1.29, 1.82) is 0 Å². The van der Waals surface area contributed by atoms with Crippen LogP contribution in [0.1, 0.15) is 21.7 Å². The number of fused-ring (bicyclic) bond motifs is 2. The van der Waals surface area contributed by atoms with Gasteiger partial charge >= 0.3 is 0 Å². The number of ketones is 1. The maximum atomic E-state index is 13.4. The Hall–Kier alpha value is -4.18. The van der Waals surface area contributed by atoms with Crippen molar-refractivity contribution >= 4 is 33.8 Å². The molecule has 5 rings (SSSR count). The first-order chi connectivity index (χ1) is 15.2. The van der Waals surface area contributed by atoms with Crippen molar-refractivity contribution in [3.8, 4) is 11.1 Å². The highest BCUT2D eigenvalue weighted by molar-refractivity contribution is 6.16. The van der Waals surface area contributed by atoms with Crippen molar-refractivity contribution in [2.45, 2.75) is 6.92 Å². The maximum absolute atomic E-state index is 13.4. The van der Waals surface area contributed by atoms with E-state index in [1.165, 1.54) is 0 Å². The molecule has 0 radical (unpaired) electrons. The Morgan fingerprint density at radius 3 is 2.26 bits per heavy atom. The summed E-state index contributed by atoms with van der Waals surface area (Å²) in [5, 5.41) is 0.960. The number of para-hydroxylation sites is 3. The van der Waals surface area contributed by atoms with Gasteiger partial charge in [0.2, 0.25) is 0 Å². The summed E-state index contributed by atoms with van der Waals surface area (Å²) in [5.74, 6) is -0.107. The predicted octanol–water partition coefficient (Wildman–Crippen LogP) is 6.05. The first kappa shape index (κ1) is 18.8. The number of nitrogens with zero attached hydrogens (tertiary/aromatic N) is 3. The summed E-state index contributed by atoms with van der Waals surface area (Å²) < 4.78 is 0. The molecule has 0 N–H and O–H groups in total. The van der Waals surface area contributed by atoms with Gasteiger partial charge < -0.3 is 0 Å². The Balaban J connectivity index is 1.62. The van der Waals surface area contributed by atoms with Gasteiger partial charge in [0.05, 0.1) is 34.0 Å². The van der Waals surface area contributed by atoms with Gasteiger partial charge in [-0.2, -0.15) is 0 Å². The van der Waals surface area contributed by atoms with E-state index < -0.39 is 0 Å². The van der Waals surface area contributed by atoms with Gasteiger partial charge in [-0.25, -0.2) is 4.98 Å². The largest absolute Gasteiger partial charge is 0.289 e. The minimum absolute atomic E-state index is 0.107. The number of benzene rings is 3. The summed E-state index contributed by atoms with van der Waals surface area (Å²) in [6, 6.07) is 25.6. The minimum Gasteiger partial charge on any atom is -0.289 e. The molecule has 0 saturated carbocycles. The van der Waals surface area contributed by atoms with Crippen LogP contribution in [0.4, 0.5) is 0 Å². The number of aryl methyl sites for hydroxylation is 1. The van der Waals surface area contributed by atoms with Crippen LogP contribution < -0.4 is 0 Å². The quantitative estimate of drug-likeness (QED) is 0.272. The smallest absolute Gasteiger partial charge is 0.188 e. The molecule has 0 aliphatic rings. The molecule has 0 aliphatic carbocycles. The number of hydrogen-bond donors (Lipinski definition) is 0. The molecule has 0 aliphatic heterocycles. The van der Waals surface area contributed by atoms with Crippen molar-refractivity contribution in [3.63, 3.8) is 0 Å². The Morgan fingerprint density at radius 2 is 1.45 bits per heavy atom. The van der Waals surface area contributed by atoms with Crippen LogP contribution in [-0.2, 0) is 0 Å². The number of rotatable bonds is 4. The van der Waals surface area contributed by atoms with E-state index in [-0.39, 0.29) is 5.78 Å². The topological polar surface area (TPSA) is 55.7 Å². The van der Waals surface area contributed by atoms with E-state index in [0.717, 1.165) is 33.1 Å². The van der Waals surface area contributed by atoms with E-state index in [9.17, 15) is 4.79 Å². The van der Waals surface area contributed by atoms with Crippen molar-refractivity contribution < 1.29 is 4.79 Å². The van der Waals surface area contributed by atoms with Gasteiger partial charge in [-0.3, -0.25) is 14.8 Å². The standard InChI is InChI=1S/C27H19N3O/c1-18-26(25(31)16-15-20-17-28-23-13-7-8-14-24(23)30-20)27(19-9-3-2-4-10-19)21-11-5-6-12-22(21)29-18/h2-17H,1H3. The highest BCUT2D eigenvalue weighted by Crippen LogP contribution is 2.33. The summed E-state index contributed by atoms with van der Waals surface area (Å²) in [4.78, 5) is 27.1. The summed E-state index contributed by atoms with van der Waals surface area (Å²) in [7, 11) is 0. The van der Waals surface area contributed by atoms with Crippen molar-refractivity contribution in [3.05, 3.63) is 108 Å². The number of pyridine rings is 1. The van der Waals surface area contributed by atoms with E-state index in [1.54, 1.807) is 18.3 Å². The minimum atomic E-state index is -0.107. The second kappa shape index (κ2) is 7.92. The summed E-state index contributed by atoms with van der Waals surface area (Å²) in [6.07, 6.45) is 4.95. The van der Waals surface area contributed by atoms with Crippen molar-refractivity contribution in [1.82, 2.24) is 15.0 Å². The summed E-state index contributed by atoms with van der Waals surface area (Å²) in [5.41, 5.74) is 6.35. The van der Waals surface area contributed by atoms with Crippen LogP contribution in [-0.4, -0.2) is 20.7 Å². The highest BCUT2D eigenvalue weighted by Gasteiger charge is 2.18. The molecule has 4 nitrogen and oxygen atoms in total. The number of hydrogen-bond acceptors (Lipinski definition) is 4. The second-order valence-electron chi connectivity index (χ2n) is 7.31. The molecule has 0 fully saturated rings. The molecule has 3 aromatic carbocycles. The van der Waals surface area contributed by atoms with Crippen LogP contribution in [0.2, 0.25) is 0 Å². The third-order valence-electron chi connectivity index (χ3n) is 5.25. The van der Waals surface area contributed by atoms with E-state index in [2.05, 4.69) is 9.97 Å². The van der Waals surface area contributed by atoms with E-state index in [0.29, 0.717) is 17.0 Å². The van der Waals surface area contributed by atoms with Crippen LogP contribution in [0.3, 0.4) is 0 Å². The number of allylic oxidation sites excluding steroid dienone is 1. The van der Waals surface area contributed by atoms with Gasteiger partial charge in [-0.15, -0.1) is 0 Å². The molecule has 148 valence electrons. The zero-order valence-electron chi connectivity index (χ0n) is 17.0. The van der Waals surface area contributed by atoms with Gasteiger partial charge in [0.25, 0.3) is 0 Å². The van der Waals surface area contributed by atoms with Crippen LogP contribution in [0.5, 0.6) is 0 Å². The van der Waals surface area contributed by atoms with Gasteiger partial charge in [-0.05, 0) is 42.8 Å². The van der Waals surface area contributed by atoms with Crippen LogP contribution in [0.15, 0.2) is 91.1 Å². The first-order valence-corrected chi connectivity index (χ1v) is 10.1. The van der Waals surface area contributed by atoms with Crippen LogP contribution in [0.25, 0.3) is 39.1 Å². The molecule has 0 atom stereocenters. The zero-order valence-corrected chi connectivity index (χ0v) is 17.0. The average molecular weight is 401 g/mol. The summed E-state index contributed by atoms with van der Waals surface area (Å²) >= 11 is 0. The fourth-order valence-electron chi connectivity index (χ4n) is 3.84. The molecule has 0 spiro atoms. The third kappa shape index (κ3) is 3.60. The lowest BCUT2D eigenvalue weighted by atomic mass is 9.92. The van der Waals surface area contributed by atoms with E-state index in [1.807, 2.05) is 85.8 Å². The molecule has 0 saturated heterocycles.